The summed E-state index contributed by atoms with van der Waals surface area (Å²) in [6.45, 7) is 1.75. The van der Waals surface area contributed by atoms with Crippen LogP contribution in [0.4, 0.5) is 18.9 Å². The van der Waals surface area contributed by atoms with E-state index in [4.69, 9.17) is 4.74 Å². The van der Waals surface area contributed by atoms with Crippen LogP contribution in [0.15, 0.2) is 101 Å². The number of alkyl halides is 3. The van der Waals surface area contributed by atoms with E-state index in [1.54, 1.807) is 38.3 Å². The molecule has 2 aliphatic rings. The summed E-state index contributed by atoms with van der Waals surface area (Å²) in [5.41, 5.74) is 3.02. The number of carbonyl (C=O) groups excluding carboxylic acids is 2. The van der Waals surface area contributed by atoms with Crippen LogP contribution in [0.5, 0.6) is 5.75 Å². The highest BCUT2D eigenvalue weighted by Crippen LogP contribution is 2.46. The summed E-state index contributed by atoms with van der Waals surface area (Å²) in [7, 11) is 1.55. The van der Waals surface area contributed by atoms with Crippen LogP contribution >= 0.6 is 0 Å². The minimum atomic E-state index is -4.54. The van der Waals surface area contributed by atoms with Crippen molar-refractivity contribution in [3.63, 3.8) is 0 Å². The van der Waals surface area contributed by atoms with Crippen molar-refractivity contribution in [1.82, 2.24) is 5.32 Å². The Kier molecular flexibility index (Phi) is 7.04. The van der Waals surface area contributed by atoms with Crippen LogP contribution in [0.2, 0.25) is 0 Å². The molecule has 39 heavy (non-hydrogen) atoms. The summed E-state index contributed by atoms with van der Waals surface area (Å²) < 4.78 is 45.1. The lowest BCUT2D eigenvalue weighted by molar-refractivity contribution is -0.137. The number of Topliss-reactive ketones (excluding diaryl/α,β-unsaturated/α-hetero) is 1. The number of benzene rings is 3. The molecular formula is C31H27F3N2O3. The fourth-order valence-electron chi connectivity index (χ4n) is 5.40. The summed E-state index contributed by atoms with van der Waals surface area (Å²) in [5.74, 6) is -0.728. The maximum absolute atomic E-state index is 13.7. The molecule has 8 heteroatoms. The molecule has 1 amide bonds. The van der Waals surface area contributed by atoms with Gasteiger partial charge in [-0.15, -0.1) is 0 Å². The van der Waals surface area contributed by atoms with Crippen molar-refractivity contribution in [2.24, 2.45) is 0 Å². The number of rotatable bonds is 5. The maximum Gasteiger partial charge on any atom is 0.416 e. The maximum atomic E-state index is 13.7. The van der Waals surface area contributed by atoms with Crippen molar-refractivity contribution in [3.8, 4) is 5.75 Å². The number of hydrogen-bond donors (Lipinski definition) is 2. The Balaban J connectivity index is 1.54. The Hall–Kier alpha value is -4.33. The third-order valence-corrected chi connectivity index (χ3v) is 7.24. The van der Waals surface area contributed by atoms with Crippen molar-refractivity contribution in [2.75, 3.05) is 12.4 Å². The van der Waals surface area contributed by atoms with Gasteiger partial charge in [-0.2, -0.15) is 13.2 Å². The molecule has 1 heterocycles. The van der Waals surface area contributed by atoms with E-state index in [0.717, 1.165) is 23.4 Å². The van der Waals surface area contributed by atoms with Crippen molar-refractivity contribution < 1.29 is 27.5 Å². The second-order valence-electron chi connectivity index (χ2n) is 9.73. The van der Waals surface area contributed by atoms with Crippen LogP contribution in [-0.2, 0) is 15.8 Å². The lowest BCUT2D eigenvalue weighted by Crippen LogP contribution is -2.37. The molecule has 0 unspecified atom stereocenters. The highest BCUT2D eigenvalue weighted by Gasteiger charge is 2.41. The zero-order chi connectivity index (χ0) is 27.7. The van der Waals surface area contributed by atoms with E-state index in [1.807, 2.05) is 30.3 Å². The first-order valence-corrected chi connectivity index (χ1v) is 12.6. The van der Waals surface area contributed by atoms with Gasteiger partial charge in [0.1, 0.15) is 5.75 Å². The highest BCUT2D eigenvalue weighted by atomic mass is 19.4. The van der Waals surface area contributed by atoms with Gasteiger partial charge in [-0.25, -0.2) is 0 Å². The van der Waals surface area contributed by atoms with Gasteiger partial charge in [-0.05, 0) is 60.7 Å². The highest BCUT2D eigenvalue weighted by molar-refractivity contribution is 6.10. The molecule has 5 rings (SSSR count). The third kappa shape index (κ3) is 5.32. The largest absolute Gasteiger partial charge is 0.497 e. The Morgan fingerprint density at radius 1 is 0.949 bits per heavy atom. The summed E-state index contributed by atoms with van der Waals surface area (Å²) in [6.07, 6.45) is -3.66. The van der Waals surface area contributed by atoms with E-state index in [1.165, 1.54) is 12.1 Å². The van der Waals surface area contributed by atoms with Gasteiger partial charge in [-0.1, -0.05) is 48.5 Å². The van der Waals surface area contributed by atoms with Gasteiger partial charge in [0, 0.05) is 40.6 Å². The number of hydrogen-bond acceptors (Lipinski definition) is 4. The molecule has 3 aromatic carbocycles. The van der Waals surface area contributed by atoms with Crippen LogP contribution < -0.4 is 15.4 Å². The van der Waals surface area contributed by atoms with Gasteiger partial charge in [0.15, 0.2) is 5.78 Å². The smallest absolute Gasteiger partial charge is 0.416 e. The Labute approximate surface area is 224 Å². The molecule has 3 aromatic rings. The molecule has 0 radical (unpaired) electrons. The molecule has 1 aliphatic carbocycles. The minimum Gasteiger partial charge on any atom is -0.497 e. The normalized spacial score (nSPS) is 19.4. The molecule has 0 bridgehead atoms. The Morgan fingerprint density at radius 2 is 1.67 bits per heavy atom. The standard InChI is InChI=1S/C31H27F3N2O3/c1-18-27(30(38)36-23-10-6-9-22(17-23)31(32,33)34)28(20-11-13-24(39-2)14-12-20)29-25(35-18)15-21(16-26(29)37)19-7-4-3-5-8-19/h3-14,17,21,28,35H,15-16H2,1-2H3,(H,36,38)/t21-,28-/m1/s1. The van der Waals surface area contributed by atoms with Gasteiger partial charge in [0.05, 0.1) is 12.7 Å². The number of ketones is 1. The van der Waals surface area contributed by atoms with Crippen molar-refractivity contribution >= 4 is 17.4 Å². The number of methoxy groups -OCH3 is 1. The van der Waals surface area contributed by atoms with E-state index in [-0.39, 0.29) is 23.0 Å². The number of halogens is 3. The first kappa shape index (κ1) is 26.3. The van der Waals surface area contributed by atoms with Gasteiger partial charge in [0.2, 0.25) is 0 Å². The molecule has 2 N–H and O–H groups in total. The fraction of sp³-hybridized carbons (Fsp3) is 0.226. The van der Waals surface area contributed by atoms with Crippen LogP contribution in [0, 0.1) is 0 Å². The van der Waals surface area contributed by atoms with Crippen molar-refractivity contribution in [2.45, 2.75) is 37.8 Å². The van der Waals surface area contributed by atoms with Crippen LogP contribution in [-0.4, -0.2) is 18.8 Å². The predicted molar refractivity (Wildman–Crippen MR) is 142 cm³/mol. The zero-order valence-electron chi connectivity index (χ0n) is 21.4. The van der Waals surface area contributed by atoms with E-state index in [9.17, 15) is 22.8 Å². The second kappa shape index (κ2) is 10.4. The average Bonchev–Trinajstić information content (AvgIpc) is 2.92. The van der Waals surface area contributed by atoms with Gasteiger partial charge in [-0.3, -0.25) is 9.59 Å². The molecule has 0 spiro atoms. The molecule has 0 fully saturated rings. The van der Waals surface area contributed by atoms with Gasteiger partial charge >= 0.3 is 6.18 Å². The van der Waals surface area contributed by atoms with Crippen LogP contribution in [0.3, 0.4) is 0 Å². The molecule has 5 nitrogen and oxygen atoms in total. The first-order chi connectivity index (χ1) is 18.7. The Morgan fingerprint density at radius 3 is 2.33 bits per heavy atom. The molecule has 200 valence electrons. The third-order valence-electron chi connectivity index (χ3n) is 7.24. The molecular weight excluding hydrogens is 505 g/mol. The number of carbonyl (C=O) groups is 2. The lowest BCUT2D eigenvalue weighted by Gasteiger charge is -2.37. The number of nitrogens with one attached hydrogen (secondary N) is 2. The quantitative estimate of drug-likeness (QED) is 0.383. The lowest BCUT2D eigenvalue weighted by atomic mass is 9.71. The molecule has 1 aliphatic heterocycles. The van der Waals surface area contributed by atoms with E-state index in [0.29, 0.717) is 35.4 Å². The zero-order valence-corrected chi connectivity index (χ0v) is 21.4. The summed E-state index contributed by atoms with van der Waals surface area (Å²) in [6, 6.07) is 21.5. The van der Waals surface area contributed by atoms with Gasteiger partial charge in [0.25, 0.3) is 5.91 Å². The molecule has 2 atom stereocenters. The van der Waals surface area contributed by atoms with E-state index < -0.39 is 23.6 Å². The number of dihydropyridines is 1. The number of ether oxygens (including phenoxy) is 1. The SMILES string of the molecule is COc1ccc([C@@H]2C(C(=O)Nc3cccc(C(F)(F)F)c3)=C(C)NC3=C2C(=O)C[C@H](c2ccccc2)C3)cc1. The monoisotopic (exact) mass is 532 g/mol. The fourth-order valence-corrected chi connectivity index (χ4v) is 5.40. The Bertz CT molecular complexity index is 1470. The molecule has 0 saturated carbocycles. The number of allylic oxidation sites excluding steroid dienone is 3. The molecule has 0 saturated heterocycles. The predicted octanol–water partition coefficient (Wildman–Crippen LogP) is 6.71. The van der Waals surface area contributed by atoms with Gasteiger partial charge < -0.3 is 15.4 Å². The summed E-state index contributed by atoms with van der Waals surface area (Å²) >= 11 is 0. The van der Waals surface area contributed by atoms with Crippen LogP contribution in [0.25, 0.3) is 0 Å². The van der Waals surface area contributed by atoms with Crippen LogP contribution in [0.1, 0.15) is 48.3 Å². The van der Waals surface area contributed by atoms with E-state index in [2.05, 4.69) is 10.6 Å². The second-order valence-corrected chi connectivity index (χ2v) is 9.73. The van der Waals surface area contributed by atoms with E-state index >= 15 is 0 Å². The number of anilines is 1. The first-order valence-electron chi connectivity index (χ1n) is 12.6. The van der Waals surface area contributed by atoms with Crippen molar-refractivity contribution in [1.29, 1.82) is 0 Å². The minimum absolute atomic E-state index is 0.00486. The molecule has 0 aromatic heterocycles. The topological polar surface area (TPSA) is 67.4 Å². The average molecular weight is 533 g/mol. The summed E-state index contributed by atoms with van der Waals surface area (Å²) in [4.78, 5) is 27.4. The number of amides is 1. The summed E-state index contributed by atoms with van der Waals surface area (Å²) in [5, 5.41) is 5.92. The van der Waals surface area contributed by atoms with Crippen molar-refractivity contribution in [3.05, 3.63) is 118 Å².